The van der Waals surface area contributed by atoms with Crippen LogP contribution in [0, 0.1) is 35.4 Å². The van der Waals surface area contributed by atoms with Gasteiger partial charge < -0.3 is 24.2 Å². The molecule has 4 aromatic carbocycles. The number of nitrogens with zero attached hydrogens (tertiary/aromatic N) is 3. The van der Waals surface area contributed by atoms with Crippen molar-refractivity contribution in [2.45, 2.75) is 18.3 Å². The predicted octanol–water partition coefficient (Wildman–Crippen LogP) is 6.77. The lowest BCUT2D eigenvalue weighted by Gasteiger charge is -2.49. The first-order valence-electron chi connectivity index (χ1n) is 19.9. The van der Waals surface area contributed by atoms with E-state index in [0.29, 0.717) is 40.7 Å². The maximum absolute atomic E-state index is 15.4. The minimum atomic E-state index is -1.55. The zero-order valence-electron chi connectivity index (χ0n) is 32.8. The van der Waals surface area contributed by atoms with E-state index in [-0.39, 0.29) is 41.9 Å². The molecule has 3 aliphatic heterocycles. The molecule has 6 atom stereocenters. The number of phenolic OH excluding ortho intramolecular Hbond substituents is 1. The zero-order chi connectivity index (χ0) is 41.9. The third kappa shape index (κ3) is 6.29. The molecule has 0 aromatic heterocycles. The lowest BCUT2D eigenvalue weighted by molar-refractivity contribution is -0.139. The van der Waals surface area contributed by atoms with E-state index < -0.39 is 52.6 Å². The van der Waals surface area contributed by atoms with Crippen molar-refractivity contribution in [2.24, 2.45) is 29.6 Å². The number of allylic oxidation sites excluding steroid dienone is 3. The van der Waals surface area contributed by atoms with Gasteiger partial charge in [-0.1, -0.05) is 47.5 Å². The van der Waals surface area contributed by atoms with E-state index in [9.17, 15) is 23.9 Å². The van der Waals surface area contributed by atoms with Gasteiger partial charge >= 0.3 is 0 Å². The number of benzene rings is 4. The minimum absolute atomic E-state index is 0.0931. The summed E-state index contributed by atoms with van der Waals surface area (Å²) in [6.45, 7) is 2.71. The lowest BCUT2D eigenvalue weighted by Crippen LogP contribution is -2.54. The van der Waals surface area contributed by atoms with E-state index in [1.54, 1.807) is 54.6 Å². The standard InChI is InChI=1S/C46H42ClFN4O8/c1-58-38-23-26(24-39(59-2)41(38)53)3-18-36-33-16-17-34-40(44(56)51(42(34)54)32-14-12-31(13-15-32)50-19-21-60-22-20-50)35(33)25-37-43(55)52(49-30-10-8-29(48)9-11-30)45(57)46(36,37)27-4-6-28(47)7-5-27/h3-16,18,23-24,34-37,40,49,53H,17,19-22,25H2,1-2H3. The van der Waals surface area contributed by atoms with Crippen LogP contribution in [0.2, 0.25) is 5.02 Å². The average molecular weight is 833 g/mol. The summed E-state index contributed by atoms with van der Waals surface area (Å²) in [5.41, 5.74) is 5.03. The highest BCUT2D eigenvalue weighted by Gasteiger charge is 2.69. The Bertz CT molecular complexity index is 2410. The smallest absolute Gasteiger partial charge is 0.260 e. The molecule has 2 aliphatic carbocycles. The third-order valence-corrected chi connectivity index (χ3v) is 13.0. The summed E-state index contributed by atoms with van der Waals surface area (Å²) < 4.78 is 30.3. The molecule has 2 N–H and O–H groups in total. The zero-order valence-corrected chi connectivity index (χ0v) is 33.6. The van der Waals surface area contributed by atoms with Gasteiger partial charge in [0, 0.05) is 29.7 Å². The number of anilines is 3. The molecule has 3 heterocycles. The van der Waals surface area contributed by atoms with Gasteiger partial charge in [0.15, 0.2) is 11.5 Å². The molecule has 5 aliphatic rings. The van der Waals surface area contributed by atoms with Crippen LogP contribution in [0.3, 0.4) is 0 Å². The number of halogens is 2. The highest BCUT2D eigenvalue weighted by Crippen LogP contribution is 2.62. The number of hydrogen-bond donors (Lipinski definition) is 2. The van der Waals surface area contributed by atoms with Crippen molar-refractivity contribution >= 4 is 58.4 Å². The average Bonchev–Trinajstić information content (AvgIpc) is 3.65. The molecule has 0 bridgehead atoms. The van der Waals surface area contributed by atoms with Crippen LogP contribution in [0.25, 0.3) is 6.08 Å². The Morgan fingerprint density at radius 2 is 1.50 bits per heavy atom. The van der Waals surface area contributed by atoms with Crippen molar-refractivity contribution in [3.63, 3.8) is 0 Å². The number of fused-ring (bicyclic) bond motifs is 4. The Hall–Kier alpha value is -6.18. The van der Waals surface area contributed by atoms with Gasteiger partial charge in [-0.25, -0.2) is 4.39 Å². The van der Waals surface area contributed by atoms with Crippen LogP contribution in [-0.4, -0.2) is 74.3 Å². The number of morpholine rings is 1. The first-order chi connectivity index (χ1) is 29.0. The summed E-state index contributed by atoms with van der Waals surface area (Å²) in [5.74, 6) is -5.98. The summed E-state index contributed by atoms with van der Waals surface area (Å²) in [5, 5.41) is 12.1. The lowest BCUT2D eigenvalue weighted by atomic mass is 9.50. The molecule has 0 spiro atoms. The van der Waals surface area contributed by atoms with Gasteiger partial charge in [0.05, 0.1) is 62.0 Å². The summed E-state index contributed by atoms with van der Waals surface area (Å²) in [7, 11) is 2.84. The fourth-order valence-electron chi connectivity index (χ4n) is 10.0. The molecule has 60 heavy (non-hydrogen) atoms. The number of ether oxygens (including phenoxy) is 3. The number of amides is 4. The van der Waals surface area contributed by atoms with Gasteiger partial charge in [0.2, 0.25) is 17.6 Å². The monoisotopic (exact) mass is 832 g/mol. The molecule has 14 heteroatoms. The highest BCUT2D eigenvalue weighted by atomic mass is 35.5. The van der Waals surface area contributed by atoms with Gasteiger partial charge in [0.1, 0.15) is 5.82 Å². The highest BCUT2D eigenvalue weighted by molar-refractivity contribution is 6.30. The van der Waals surface area contributed by atoms with Gasteiger partial charge in [-0.05, 0) is 103 Å². The molecular weight excluding hydrogens is 791 g/mol. The van der Waals surface area contributed by atoms with Crippen LogP contribution in [-0.2, 0) is 29.3 Å². The molecule has 12 nitrogen and oxygen atoms in total. The number of imide groups is 2. The Labute approximate surface area is 350 Å². The Kier molecular flexibility index (Phi) is 10.1. The second-order valence-corrected chi connectivity index (χ2v) is 16.1. The summed E-state index contributed by atoms with van der Waals surface area (Å²) >= 11 is 6.41. The van der Waals surface area contributed by atoms with Gasteiger partial charge in [-0.2, -0.15) is 5.01 Å². The topological polar surface area (TPSA) is 138 Å². The van der Waals surface area contributed by atoms with Crippen molar-refractivity contribution in [1.29, 1.82) is 0 Å². The first-order valence-corrected chi connectivity index (χ1v) is 20.2. The number of carbonyl (C=O) groups is 4. The maximum atomic E-state index is 15.4. The van der Waals surface area contributed by atoms with Gasteiger partial charge in [0.25, 0.3) is 11.8 Å². The van der Waals surface area contributed by atoms with Crippen molar-refractivity contribution in [3.8, 4) is 17.2 Å². The molecule has 3 saturated heterocycles. The summed E-state index contributed by atoms with van der Waals surface area (Å²) in [4.78, 5) is 62.8. The van der Waals surface area contributed by atoms with Crippen LogP contribution in [0.1, 0.15) is 24.0 Å². The second kappa shape index (κ2) is 15.4. The minimum Gasteiger partial charge on any atom is -0.502 e. The third-order valence-electron chi connectivity index (χ3n) is 12.8. The molecule has 4 fully saturated rings. The number of rotatable bonds is 9. The van der Waals surface area contributed by atoms with Gasteiger partial charge in [-0.3, -0.25) is 29.5 Å². The number of carbonyl (C=O) groups excluding carboxylic acids is 4. The number of methoxy groups -OCH3 is 2. The van der Waals surface area contributed by atoms with Crippen LogP contribution in [0.15, 0.2) is 103 Å². The van der Waals surface area contributed by atoms with E-state index >= 15 is 4.79 Å². The number of hydrazine groups is 1. The second-order valence-electron chi connectivity index (χ2n) is 15.7. The SMILES string of the molecule is COc1cc(C=CC2C3=CCC4C(=O)N(c5ccc(N6CCOCC6)cc5)C(=O)C4C3CC3C(=O)N(Nc4ccc(F)cc4)C(=O)C23c2ccc(Cl)cc2)cc(OC)c1O. The molecule has 4 aromatic rings. The van der Waals surface area contributed by atoms with Crippen molar-refractivity contribution in [3.05, 3.63) is 125 Å². The number of aromatic hydroxyl groups is 1. The molecule has 4 amide bonds. The normalized spacial score (nSPS) is 26.2. The largest absolute Gasteiger partial charge is 0.502 e. The van der Waals surface area contributed by atoms with Crippen LogP contribution >= 0.6 is 11.6 Å². The molecule has 0 radical (unpaired) electrons. The van der Waals surface area contributed by atoms with Crippen LogP contribution in [0.5, 0.6) is 17.2 Å². The molecular formula is C46H42ClFN4O8. The van der Waals surface area contributed by atoms with Crippen molar-refractivity contribution < 1.29 is 42.9 Å². The van der Waals surface area contributed by atoms with E-state index in [1.165, 1.54) is 43.4 Å². The maximum Gasteiger partial charge on any atom is 0.260 e. The van der Waals surface area contributed by atoms with Crippen molar-refractivity contribution in [1.82, 2.24) is 5.01 Å². The van der Waals surface area contributed by atoms with E-state index in [4.69, 9.17) is 25.8 Å². The van der Waals surface area contributed by atoms with Crippen molar-refractivity contribution in [2.75, 3.05) is 55.7 Å². The molecule has 6 unspecified atom stereocenters. The predicted molar refractivity (Wildman–Crippen MR) is 222 cm³/mol. The van der Waals surface area contributed by atoms with E-state index in [2.05, 4.69) is 10.3 Å². The van der Waals surface area contributed by atoms with Gasteiger partial charge in [-0.15, -0.1) is 0 Å². The number of hydrogen-bond acceptors (Lipinski definition) is 10. The molecule has 9 rings (SSSR count). The fraction of sp³-hybridized carbons (Fsp3) is 0.304. The van der Waals surface area contributed by atoms with Crippen LogP contribution in [0.4, 0.5) is 21.5 Å². The molecule has 308 valence electrons. The Morgan fingerprint density at radius 1 is 0.850 bits per heavy atom. The quantitative estimate of drug-likeness (QED) is 0.137. The van der Waals surface area contributed by atoms with E-state index in [1.807, 2.05) is 24.3 Å². The first kappa shape index (κ1) is 39.3. The summed E-state index contributed by atoms with van der Waals surface area (Å²) in [6, 6.07) is 22.8. The van der Waals surface area contributed by atoms with Crippen LogP contribution < -0.4 is 24.7 Å². The summed E-state index contributed by atoms with van der Waals surface area (Å²) in [6.07, 6.45) is 5.93. The Morgan fingerprint density at radius 3 is 2.15 bits per heavy atom. The Balaban J connectivity index is 1.16. The molecule has 1 saturated carbocycles. The van der Waals surface area contributed by atoms with E-state index in [0.717, 1.165) is 29.4 Å². The number of phenols is 1. The number of nitrogens with one attached hydrogen (secondary N) is 1. The fourth-order valence-corrected chi connectivity index (χ4v) is 10.1.